The number of aromatic nitrogens is 2. The number of nitrogens with two attached hydrogens (primary N) is 1. The fourth-order valence-electron chi connectivity index (χ4n) is 2.38. The van der Waals surface area contributed by atoms with Gasteiger partial charge in [-0.15, -0.1) is 0 Å². The molecule has 1 aliphatic rings. The number of primary amides is 1. The van der Waals surface area contributed by atoms with E-state index in [0.29, 0.717) is 24.2 Å². The summed E-state index contributed by atoms with van der Waals surface area (Å²) in [6.07, 6.45) is 0.634. The van der Waals surface area contributed by atoms with E-state index in [1.54, 1.807) is 0 Å². The van der Waals surface area contributed by atoms with Crippen LogP contribution in [0, 0.1) is 11.6 Å². The lowest BCUT2D eigenvalue weighted by Crippen LogP contribution is -2.26. The van der Waals surface area contributed by atoms with Crippen molar-refractivity contribution < 1.29 is 13.6 Å². The molecule has 1 amide bonds. The third-order valence-electron chi connectivity index (χ3n) is 3.31. The fraction of sp³-hybridized carbons (Fsp3) is 0.231. The van der Waals surface area contributed by atoms with Crippen LogP contribution in [0.2, 0.25) is 0 Å². The quantitative estimate of drug-likeness (QED) is 0.857. The topological polar surface area (TPSA) is 72.9 Å². The summed E-state index contributed by atoms with van der Waals surface area (Å²) in [6.45, 7) is 1.21. The highest BCUT2D eigenvalue weighted by Gasteiger charge is 2.24. The maximum Gasteiger partial charge on any atom is 0.269 e. The second-order valence-electron chi connectivity index (χ2n) is 4.58. The Kier molecular flexibility index (Phi) is 2.98. The van der Waals surface area contributed by atoms with E-state index in [2.05, 4.69) is 10.4 Å². The maximum atomic E-state index is 13.3. The summed E-state index contributed by atoms with van der Waals surface area (Å²) in [5.74, 6) is -2.51. The predicted molar refractivity (Wildman–Crippen MR) is 67.4 cm³/mol. The summed E-state index contributed by atoms with van der Waals surface area (Å²) in [6, 6.07) is 3.50. The highest BCUT2D eigenvalue weighted by molar-refractivity contribution is 5.92. The van der Waals surface area contributed by atoms with Crippen LogP contribution in [0.1, 0.15) is 21.7 Å². The van der Waals surface area contributed by atoms with Gasteiger partial charge in [-0.2, -0.15) is 5.10 Å². The van der Waals surface area contributed by atoms with E-state index in [0.717, 1.165) is 24.4 Å². The Morgan fingerprint density at radius 3 is 2.85 bits per heavy atom. The molecule has 0 saturated heterocycles. The molecule has 20 heavy (non-hydrogen) atoms. The molecule has 0 saturated carbocycles. The first-order valence-electron chi connectivity index (χ1n) is 6.14. The smallest absolute Gasteiger partial charge is 0.269 e. The first kappa shape index (κ1) is 12.7. The second kappa shape index (κ2) is 4.68. The van der Waals surface area contributed by atoms with E-state index in [4.69, 9.17) is 5.73 Å². The standard InChI is InChI=1S/C13H12F2N4O/c14-9-2-1-7(5-10(9)15)19-11-3-4-17-6-8(11)12(18-19)13(16)20/h1-2,5,17H,3-4,6H2,(H2,16,20). The number of amides is 1. The van der Waals surface area contributed by atoms with Crippen LogP contribution in [-0.4, -0.2) is 22.2 Å². The molecule has 0 atom stereocenters. The summed E-state index contributed by atoms with van der Waals surface area (Å²) in [5, 5.41) is 7.27. The third-order valence-corrected chi connectivity index (χ3v) is 3.31. The molecule has 1 aliphatic heterocycles. The van der Waals surface area contributed by atoms with E-state index in [-0.39, 0.29) is 5.69 Å². The van der Waals surface area contributed by atoms with Crippen molar-refractivity contribution >= 4 is 5.91 Å². The van der Waals surface area contributed by atoms with Crippen LogP contribution in [0.4, 0.5) is 8.78 Å². The molecule has 3 rings (SSSR count). The van der Waals surface area contributed by atoms with E-state index >= 15 is 0 Å². The van der Waals surface area contributed by atoms with Gasteiger partial charge in [0.05, 0.1) is 11.4 Å². The van der Waals surface area contributed by atoms with Crippen molar-refractivity contribution in [1.29, 1.82) is 0 Å². The molecule has 1 aromatic heterocycles. The van der Waals surface area contributed by atoms with Gasteiger partial charge >= 0.3 is 0 Å². The zero-order valence-corrected chi connectivity index (χ0v) is 10.5. The number of fused-ring (bicyclic) bond motifs is 1. The minimum atomic E-state index is -0.957. The lowest BCUT2D eigenvalue weighted by Gasteiger charge is -2.15. The number of carbonyl (C=O) groups excluding carboxylic acids is 1. The van der Waals surface area contributed by atoms with Crippen LogP contribution in [0.3, 0.4) is 0 Å². The van der Waals surface area contributed by atoms with Gasteiger partial charge in [0, 0.05) is 31.1 Å². The summed E-state index contributed by atoms with van der Waals surface area (Å²) in [4.78, 5) is 11.4. The van der Waals surface area contributed by atoms with Gasteiger partial charge in [-0.25, -0.2) is 13.5 Å². The van der Waals surface area contributed by atoms with E-state index in [1.165, 1.54) is 10.7 Å². The van der Waals surface area contributed by atoms with Crippen LogP contribution in [0.25, 0.3) is 5.69 Å². The Balaban J connectivity index is 2.18. The highest BCUT2D eigenvalue weighted by Crippen LogP contribution is 2.22. The monoisotopic (exact) mass is 278 g/mol. The summed E-state index contributed by atoms with van der Waals surface area (Å²) in [5.41, 5.74) is 7.35. The molecule has 3 N–H and O–H groups in total. The number of nitrogens with one attached hydrogen (secondary N) is 1. The van der Waals surface area contributed by atoms with Crippen LogP contribution in [-0.2, 0) is 13.0 Å². The lowest BCUT2D eigenvalue weighted by atomic mass is 10.1. The van der Waals surface area contributed by atoms with Gasteiger partial charge in [-0.1, -0.05) is 0 Å². The Bertz CT molecular complexity index is 696. The minimum Gasteiger partial charge on any atom is -0.364 e. The van der Waals surface area contributed by atoms with Gasteiger partial charge in [-0.05, 0) is 12.1 Å². The molecule has 0 radical (unpaired) electrons. The minimum absolute atomic E-state index is 0.164. The fourth-order valence-corrected chi connectivity index (χ4v) is 2.38. The molecule has 0 bridgehead atoms. The predicted octanol–water partition coefficient (Wildman–Crippen LogP) is 0.895. The van der Waals surface area contributed by atoms with E-state index < -0.39 is 17.5 Å². The van der Waals surface area contributed by atoms with Crippen LogP contribution >= 0.6 is 0 Å². The number of nitrogens with zero attached hydrogens (tertiary/aromatic N) is 2. The molecule has 0 fully saturated rings. The molecule has 7 heteroatoms. The first-order chi connectivity index (χ1) is 9.58. The molecular formula is C13H12F2N4O. The molecule has 0 unspecified atom stereocenters. The van der Waals surface area contributed by atoms with Crippen molar-refractivity contribution in [2.75, 3.05) is 6.54 Å². The van der Waals surface area contributed by atoms with E-state index in [1.807, 2.05) is 0 Å². The number of carbonyl (C=O) groups is 1. The number of hydrogen-bond donors (Lipinski definition) is 2. The molecule has 5 nitrogen and oxygen atoms in total. The molecule has 2 aromatic rings. The average molecular weight is 278 g/mol. The number of hydrogen-bond acceptors (Lipinski definition) is 3. The van der Waals surface area contributed by atoms with Gasteiger partial charge in [0.2, 0.25) is 0 Å². The van der Waals surface area contributed by atoms with Crippen molar-refractivity contribution in [1.82, 2.24) is 15.1 Å². The molecule has 104 valence electrons. The van der Waals surface area contributed by atoms with E-state index in [9.17, 15) is 13.6 Å². The van der Waals surface area contributed by atoms with Crippen LogP contribution in [0.5, 0.6) is 0 Å². The molecule has 2 heterocycles. The number of rotatable bonds is 2. The van der Waals surface area contributed by atoms with Crippen molar-refractivity contribution in [3.63, 3.8) is 0 Å². The average Bonchev–Trinajstić information content (AvgIpc) is 2.82. The summed E-state index contributed by atoms with van der Waals surface area (Å²) in [7, 11) is 0. The van der Waals surface area contributed by atoms with Gasteiger partial charge in [-0.3, -0.25) is 4.79 Å². The van der Waals surface area contributed by atoms with Crippen molar-refractivity contribution in [3.8, 4) is 5.69 Å². The van der Waals surface area contributed by atoms with Gasteiger partial charge in [0.15, 0.2) is 17.3 Å². The molecule has 1 aromatic carbocycles. The van der Waals surface area contributed by atoms with Gasteiger partial charge in [0.1, 0.15) is 0 Å². The van der Waals surface area contributed by atoms with Crippen molar-refractivity contribution in [2.45, 2.75) is 13.0 Å². The Hall–Kier alpha value is -2.28. The zero-order chi connectivity index (χ0) is 14.3. The van der Waals surface area contributed by atoms with Gasteiger partial charge < -0.3 is 11.1 Å². The molecule has 0 aliphatic carbocycles. The van der Waals surface area contributed by atoms with Gasteiger partial charge in [0.25, 0.3) is 5.91 Å². The van der Waals surface area contributed by atoms with Crippen molar-refractivity contribution in [2.24, 2.45) is 5.73 Å². The highest BCUT2D eigenvalue weighted by atomic mass is 19.2. The summed E-state index contributed by atoms with van der Waals surface area (Å²) >= 11 is 0. The number of benzene rings is 1. The lowest BCUT2D eigenvalue weighted by molar-refractivity contribution is 0.0994. The molecule has 0 spiro atoms. The van der Waals surface area contributed by atoms with Crippen LogP contribution < -0.4 is 11.1 Å². The second-order valence-corrected chi connectivity index (χ2v) is 4.58. The summed E-state index contributed by atoms with van der Waals surface area (Å²) < 4.78 is 27.8. The Labute approximate surface area is 113 Å². The largest absolute Gasteiger partial charge is 0.364 e. The zero-order valence-electron chi connectivity index (χ0n) is 10.5. The normalized spacial score (nSPS) is 14.1. The number of halogens is 2. The Morgan fingerprint density at radius 1 is 1.35 bits per heavy atom. The SMILES string of the molecule is NC(=O)c1nn(-c2ccc(F)c(F)c2)c2c1CNCC2. The Morgan fingerprint density at radius 2 is 2.15 bits per heavy atom. The maximum absolute atomic E-state index is 13.3. The molecular weight excluding hydrogens is 266 g/mol. The van der Waals surface area contributed by atoms with Crippen molar-refractivity contribution in [3.05, 3.63) is 46.8 Å². The first-order valence-corrected chi connectivity index (χ1v) is 6.14. The third kappa shape index (κ3) is 1.96. The van der Waals surface area contributed by atoms with Crippen LogP contribution in [0.15, 0.2) is 18.2 Å².